The van der Waals surface area contributed by atoms with Gasteiger partial charge in [0.05, 0.1) is 0 Å². The van der Waals surface area contributed by atoms with Gasteiger partial charge in [-0.25, -0.2) is 4.98 Å². The highest BCUT2D eigenvalue weighted by Gasteiger charge is 2.33. The number of amides is 1. The minimum Gasteiger partial charge on any atom is -0.368 e. The number of aromatic nitrogens is 2. The number of hydrogen-bond acceptors (Lipinski definition) is 5. The third kappa shape index (κ3) is 2.59. The molecule has 1 fully saturated rings. The third-order valence-corrected chi connectivity index (χ3v) is 3.88. The fourth-order valence-corrected chi connectivity index (χ4v) is 2.77. The molecule has 3 rings (SSSR count). The summed E-state index contributed by atoms with van der Waals surface area (Å²) in [5.41, 5.74) is 7.45. The molecular weight excluding hydrogens is 278 g/mol. The predicted octanol–water partition coefficient (Wildman–Crippen LogP) is 1.61. The zero-order valence-electron chi connectivity index (χ0n) is 12.7. The first-order valence-corrected chi connectivity index (χ1v) is 7.30. The number of carbonyl (C=O) groups is 1. The Morgan fingerprint density at radius 1 is 1.18 bits per heavy atom. The highest BCUT2D eigenvalue weighted by molar-refractivity contribution is 5.99. The van der Waals surface area contributed by atoms with E-state index in [-0.39, 0.29) is 17.9 Å². The number of nitrogen functional groups attached to an aromatic ring is 1. The number of rotatable bonds is 2. The summed E-state index contributed by atoms with van der Waals surface area (Å²) in [4.78, 5) is 24.8. The van der Waals surface area contributed by atoms with Crippen LogP contribution >= 0.6 is 0 Å². The molecule has 2 N–H and O–H groups in total. The zero-order chi connectivity index (χ0) is 15.7. The minimum atomic E-state index is -0.289. The molecule has 1 atom stereocenters. The van der Waals surface area contributed by atoms with E-state index in [0.717, 1.165) is 11.4 Å². The fourth-order valence-electron chi connectivity index (χ4n) is 2.77. The van der Waals surface area contributed by atoms with E-state index < -0.39 is 0 Å². The van der Waals surface area contributed by atoms with Crippen LogP contribution in [-0.4, -0.2) is 35.0 Å². The first-order chi connectivity index (χ1) is 10.6. The van der Waals surface area contributed by atoms with Crippen molar-refractivity contribution in [2.24, 2.45) is 0 Å². The fraction of sp³-hybridized carbons (Fsp3) is 0.312. The lowest BCUT2D eigenvalue weighted by molar-refractivity contribution is -0.120. The van der Waals surface area contributed by atoms with Crippen molar-refractivity contribution in [3.63, 3.8) is 0 Å². The van der Waals surface area contributed by atoms with Crippen LogP contribution in [0.3, 0.4) is 0 Å². The largest absolute Gasteiger partial charge is 0.368 e. The van der Waals surface area contributed by atoms with Gasteiger partial charge in [-0.1, -0.05) is 18.2 Å². The molecule has 1 unspecified atom stereocenters. The van der Waals surface area contributed by atoms with Crippen molar-refractivity contribution in [2.75, 3.05) is 28.6 Å². The standard InChI is InChI=1S/C16H19N5O/c1-11-10-14(19-16(17)18-11)20-8-9-21(15(22)12(20)2)13-6-4-3-5-7-13/h3-7,10,12H,8-9H2,1-2H3,(H2,17,18,19). The average Bonchev–Trinajstić information content (AvgIpc) is 2.50. The van der Waals surface area contributed by atoms with Crippen LogP contribution < -0.4 is 15.5 Å². The Hall–Kier alpha value is -2.63. The number of nitrogens with zero attached hydrogens (tertiary/aromatic N) is 4. The molecule has 1 aliphatic rings. The summed E-state index contributed by atoms with van der Waals surface area (Å²) >= 11 is 0. The summed E-state index contributed by atoms with van der Waals surface area (Å²) in [6.45, 7) is 5.09. The van der Waals surface area contributed by atoms with Gasteiger partial charge < -0.3 is 15.5 Å². The van der Waals surface area contributed by atoms with Gasteiger partial charge in [-0.05, 0) is 26.0 Å². The molecule has 22 heavy (non-hydrogen) atoms. The van der Waals surface area contributed by atoms with Gasteiger partial charge in [0.2, 0.25) is 11.9 Å². The molecular formula is C16H19N5O. The van der Waals surface area contributed by atoms with E-state index in [4.69, 9.17) is 5.73 Å². The molecule has 1 aromatic heterocycles. The van der Waals surface area contributed by atoms with E-state index in [2.05, 4.69) is 9.97 Å². The lowest BCUT2D eigenvalue weighted by Crippen LogP contribution is -2.56. The summed E-state index contributed by atoms with van der Waals surface area (Å²) in [6.07, 6.45) is 0. The molecule has 0 spiro atoms. The highest BCUT2D eigenvalue weighted by atomic mass is 16.2. The monoisotopic (exact) mass is 297 g/mol. The third-order valence-electron chi connectivity index (χ3n) is 3.88. The Morgan fingerprint density at radius 3 is 2.59 bits per heavy atom. The molecule has 1 aromatic carbocycles. The number of aryl methyl sites for hydroxylation is 1. The second kappa shape index (κ2) is 5.63. The van der Waals surface area contributed by atoms with Crippen molar-refractivity contribution < 1.29 is 4.79 Å². The Labute approximate surface area is 129 Å². The molecule has 2 aromatic rings. The molecule has 1 amide bonds. The number of para-hydroxylation sites is 1. The van der Waals surface area contributed by atoms with Crippen molar-refractivity contribution in [3.05, 3.63) is 42.1 Å². The van der Waals surface area contributed by atoms with Crippen molar-refractivity contribution in [3.8, 4) is 0 Å². The normalized spacial score (nSPS) is 18.6. The van der Waals surface area contributed by atoms with E-state index in [1.807, 2.05) is 60.0 Å². The SMILES string of the molecule is Cc1cc(N2CCN(c3ccccc3)C(=O)C2C)nc(N)n1. The van der Waals surface area contributed by atoms with E-state index in [0.29, 0.717) is 18.9 Å². The maximum atomic E-state index is 12.7. The van der Waals surface area contributed by atoms with Gasteiger partial charge in [0.15, 0.2) is 0 Å². The van der Waals surface area contributed by atoms with Gasteiger partial charge in [0, 0.05) is 30.5 Å². The molecule has 2 heterocycles. The van der Waals surface area contributed by atoms with Crippen molar-refractivity contribution in [2.45, 2.75) is 19.9 Å². The maximum absolute atomic E-state index is 12.7. The molecule has 6 heteroatoms. The summed E-state index contributed by atoms with van der Waals surface area (Å²) in [5, 5.41) is 0. The number of nitrogens with two attached hydrogens (primary N) is 1. The molecule has 0 bridgehead atoms. The first-order valence-electron chi connectivity index (χ1n) is 7.30. The maximum Gasteiger partial charge on any atom is 0.249 e. The molecule has 0 aliphatic carbocycles. The van der Waals surface area contributed by atoms with Crippen molar-refractivity contribution in [1.29, 1.82) is 0 Å². The Bertz CT molecular complexity index is 668. The van der Waals surface area contributed by atoms with Crippen LogP contribution in [0.25, 0.3) is 0 Å². The van der Waals surface area contributed by atoms with Crippen molar-refractivity contribution in [1.82, 2.24) is 9.97 Å². The van der Waals surface area contributed by atoms with E-state index in [1.165, 1.54) is 0 Å². The zero-order valence-corrected chi connectivity index (χ0v) is 12.7. The van der Waals surface area contributed by atoms with Gasteiger partial charge in [-0.15, -0.1) is 0 Å². The van der Waals surface area contributed by atoms with Gasteiger partial charge in [-0.3, -0.25) is 4.79 Å². The minimum absolute atomic E-state index is 0.0623. The first kappa shape index (κ1) is 14.3. The number of carbonyl (C=O) groups excluding carboxylic acids is 1. The molecule has 0 radical (unpaired) electrons. The average molecular weight is 297 g/mol. The highest BCUT2D eigenvalue weighted by Crippen LogP contribution is 2.24. The molecule has 1 aliphatic heterocycles. The number of hydrogen-bond donors (Lipinski definition) is 1. The molecule has 114 valence electrons. The summed E-state index contributed by atoms with van der Waals surface area (Å²) < 4.78 is 0. The van der Waals surface area contributed by atoms with Crippen molar-refractivity contribution >= 4 is 23.4 Å². The Balaban J connectivity index is 1.86. The predicted molar refractivity (Wildman–Crippen MR) is 86.8 cm³/mol. The number of piperazine rings is 1. The second-order valence-corrected chi connectivity index (χ2v) is 5.42. The van der Waals surface area contributed by atoms with Crippen LogP contribution in [0.15, 0.2) is 36.4 Å². The van der Waals surface area contributed by atoms with E-state index in [1.54, 1.807) is 0 Å². The summed E-state index contributed by atoms with van der Waals surface area (Å²) in [5.74, 6) is 1.01. The topological polar surface area (TPSA) is 75.3 Å². The molecule has 0 saturated carbocycles. The van der Waals surface area contributed by atoms with Crippen LogP contribution in [0.2, 0.25) is 0 Å². The van der Waals surface area contributed by atoms with Gasteiger partial charge >= 0.3 is 0 Å². The van der Waals surface area contributed by atoms with Crippen LogP contribution in [0, 0.1) is 6.92 Å². The van der Waals surface area contributed by atoms with Crippen LogP contribution in [-0.2, 0) is 4.79 Å². The van der Waals surface area contributed by atoms with Gasteiger partial charge in [0.1, 0.15) is 11.9 Å². The Kier molecular flexibility index (Phi) is 3.66. The van der Waals surface area contributed by atoms with Gasteiger partial charge in [0.25, 0.3) is 0 Å². The summed E-state index contributed by atoms with van der Waals surface area (Å²) in [7, 11) is 0. The molecule has 1 saturated heterocycles. The molecule has 6 nitrogen and oxygen atoms in total. The quantitative estimate of drug-likeness (QED) is 0.911. The van der Waals surface area contributed by atoms with E-state index in [9.17, 15) is 4.79 Å². The lowest BCUT2D eigenvalue weighted by atomic mass is 10.1. The summed E-state index contributed by atoms with van der Waals surface area (Å²) in [6, 6.07) is 11.3. The number of benzene rings is 1. The van der Waals surface area contributed by atoms with Crippen LogP contribution in [0.5, 0.6) is 0 Å². The van der Waals surface area contributed by atoms with E-state index >= 15 is 0 Å². The number of anilines is 3. The second-order valence-electron chi connectivity index (χ2n) is 5.42. The smallest absolute Gasteiger partial charge is 0.249 e. The Morgan fingerprint density at radius 2 is 1.91 bits per heavy atom. The van der Waals surface area contributed by atoms with Gasteiger partial charge in [-0.2, -0.15) is 4.98 Å². The van der Waals surface area contributed by atoms with Crippen LogP contribution in [0.1, 0.15) is 12.6 Å². The lowest BCUT2D eigenvalue weighted by Gasteiger charge is -2.39. The van der Waals surface area contributed by atoms with Crippen LogP contribution in [0.4, 0.5) is 17.5 Å².